The van der Waals surface area contributed by atoms with Gasteiger partial charge in [-0.05, 0) is 99.5 Å². The first-order chi connectivity index (χ1) is 22.1. The first-order valence-electron chi connectivity index (χ1n) is 17.0. The van der Waals surface area contributed by atoms with Gasteiger partial charge in [0.05, 0.1) is 23.6 Å². The highest BCUT2D eigenvalue weighted by Crippen LogP contribution is 2.47. The van der Waals surface area contributed by atoms with Crippen LogP contribution in [0.15, 0.2) is 52.9 Å². The van der Waals surface area contributed by atoms with Crippen molar-refractivity contribution < 1.29 is 23.3 Å². The molecule has 0 radical (unpaired) electrons. The number of methoxy groups -OCH3 is 1. The second-order valence-electron chi connectivity index (χ2n) is 14.0. The largest absolute Gasteiger partial charge is 0.490 e. The van der Waals surface area contributed by atoms with Gasteiger partial charge in [-0.2, -0.15) is 0 Å². The second kappa shape index (κ2) is 13.1. The predicted octanol–water partition coefficient (Wildman–Crippen LogP) is 6.54. The molecule has 2 amide bonds. The smallest absolute Gasteiger partial charge is 0.286 e. The van der Waals surface area contributed by atoms with Gasteiger partial charge in [0.25, 0.3) is 5.91 Å². The van der Waals surface area contributed by atoms with Crippen molar-refractivity contribution in [3.8, 4) is 5.75 Å². The van der Waals surface area contributed by atoms with E-state index in [4.69, 9.17) is 9.47 Å². The number of fused-ring (bicyclic) bond motifs is 4. The van der Waals surface area contributed by atoms with Crippen molar-refractivity contribution in [2.24, 2.45) is 22.1 Å². The van der Waals surface area contributed by atoms with Gasteiger partial charge < -0.3 is 14.4 Å². The Kier molecular flexibility index (Phi) is 9.36. The van der Waals surface area contributed by atoms with Crippen LogP contribution in [0.3, 0.4) is 0 Å². The Balaban J connectivity index is 1.47. The fraction of sp³-hybridized carbons (Fsp3) is 0.568. The van der Waals surface area contributed by atoms with Gasteiger partial charge >= 0.3 is 0 Å². The van der Waals surface area contributed by atoms with Crippen LogP contribution in [-0.2, 0) is 31.3 Å². The zero-order valence-electron chi connectivity index (χ0n) is 27.9. The standard InChI is InChI=1S/C37H49N3O5S/c1-6-35(41)38-46(43)26(4)25(3)9-7-11-33(44-5)30-15-13-29(30)21-40-22-37(18-8-10-27-19-24(2)12-16-31(27)37)23-45-34-17-14-28(20-32(34)40)36(42)39-46/h7,11-12,14,16-17,19-20,25-26,29-30,33H,6,8-10,13,15,18,21-23H2,1-5H3,(H,38,39,41,42,43)/b11-7+/t25-,26+,29-,30+,33-,37-,46?/m0/s1. The summed E-state index contributed by atoms with van der Waals surface area (Å²) in [7, 11) is -1.64. The third-order valence-electron chi connectivity index (χ3n) is 11.0. The summed E-state index contributed by atoms with van der Waals surface area (Å²) in [5, 5.41) is -0.558. The van der Waals surface area contributed by atoms with E-state index < -0.39 is 27.0 Å². The Morgan fingerprint density at radius 1 is 1.20 bits per heavy atom. The van der Waals surface area contributed by atoms with Crippen LogP contribution in [0.4, 0.5) is 5.69 Å². The lowest BCUT2D eigenvalue weighted by molar-refractivity contribution is -0.119. The minimum atomic E-state index is -3.42. The molecule has 8 nitrogen and oxygen atoms in total. The van der Waals surface area contributed by atoms with Crippen LogP contribution in [0.2, 0.25) is 0 Å². The number of anilines is 1. The van der Waals surface area contributed by atoms with Gasteiger partial charge in [0.2, 0.25) is 5.91 Å². The molecule has 2 bridgehead atoms. The van der Waals surface area contributed by atoms with Crippen LogP contribution in [0.1, 0.15) is 86.3 Å². The molecule has 1 saturated carbocycles. The minimum Gasteiger partial charge on any atom is -0.490 e. The molecule has 9 heteroatoms. The third kappa shape index (κ3) is 6.25. The van der Waals surface area contributed by atoms with Crippen molar-refractivity contribution in [2.75, 3.05) is 31.7 Å². The Bertz CT molecular complexity index is 1650. The van der Waals surface area contributed by atoms with Crippen LogP contribution < -0.4 is 14.4 Å². The molecule has 1 N–H and O–H groups in total. The predicted molar refractivity (Wildman–Crippen MR) is 183 cm³/mol. The van der Waals surface area contributed by atoms with Crippen LogP contribution in [0, 0.1) is 24.7 Å². The van der Waals surface area contributed by atoms with E-state index in [2.05, 4.69) is 51.3 Å². The first-order valence-corrected chi connectivity index (χ1v) is 18.6. The molecule has 46 heavy (non-hydrogen) atoms. The molecular weight excluding hydrogens is 598 g/mol. The summed E-state index contributed by atoms with van der Waals surface area (Å²) in [5.74, 6) is 0.457. The zero-order valence-corrected chi connectivity index (χ0v) is 28.7. The summed E-state index contributed by atoms with van der Waals surface area (Å²) >= 11 is 0. The number of nitrogens with one attached hydrogen (secondary N) is 1. The van der Waals surface area contributed by atoms with Gasteiger partial charge in [0.1, 0.15) is 15.7 Å². The lowest BCUT2D eigenvalue weighted by atomic mass is 9.68. The summed E-state index contributed by atoms with van der Waals surface area (Å²) < 4.78 is 34.0. The average molecular weight is 648 g/mol. The topological polar surface area (TPSA) is 97.3 Å². The molecular formula is C37H49N3O5S. The zero-order chi connectivity index (χ0) is 32.6. The van der Waals surface area contributed by atoms with Crippen molar-refractivity contribution in [1.82, 2.24) is 4.72 Å². The number of ether oxygens (including phenoxy) is 2. The highest BCUT2D eigenvalue weighted by molar-refractivity contribution is 7.93. The minimum absolute atomic E-state index is 0.0223. The summed E-state index contributed by atoms with van der Waals surface area (Å²) in [6, 6.07) is 12.3. The van der Waals surface area contributed by atoms with Crippen molar-refractivity contribution in [1.29, 1.82) is 0 Å². The number of benzene rings is 2. The van der Waals surface area contributed by atoms with E-state index in [1.165, 1.54) is 16.7 Å². The number of amides is 2. The number of carbonyl (C=O) groups is 2. The highest BCUT2D eigenvalue weighted by Gasteiger charge is 2.44. The van der Waals surface area contributed by atoms with E-state index in [0.29, 0.717) is 30.4 Å². The van der Waals surface area contributed by atoms with E-state index in [9.17, 15) is 13.8 Å². The lowest BCUT2D eigenvalue weighted by Crippen LogP contribution is -2.49. The molecule has 4 aliphatic rings. The Hall–Kier alpha value is -3.17. The summed E-state index contributed by atoms with van der Waals surface area (Å²) in [4.78, 5) is 28.8. The van der Waals surface area contributed by atoms with E-state index in [1.807, 2.05) is 26.0 Å². The molecule has 2 aliphatic carbocycles. The van der Waals surface area contributed by atoms with Crippen LogP contribution >= 0.6 is 0 Å². The number of nitrogens with zero attached hydrogens (tertiary/aromatic N) is 2. The molecule has 2 aromatic rings. The number of hydrogen-bond acceptors (Lipinski definition) is 6. The van der Waals surface area contributed by atoms with Gasteiger partial charge in [-0.15, -0.1) is 4.36 Å². The SMILES string of the molecule is CCC(=O)NS1(=O)=NC(=O)c2ccc3c(c2)N(C[C@@H]2CC[C@H]2[C@@H](OC)/C=C/C[C@H](C)[C@H]1C)C[C@@]1(CCCc2cc(C)ccc21)CO3. The normalized spacial score (nSPS) is 33.4. The number of rotatable bonds is 3. The van der Waals surface area contributed by atoms with Crippen LogP contribution in [0.5, 0.6) is 5.75 Å². The van der Waals surface area contributed by atoms with Crippen molar-refractivity contribution in [2.45, 2.75) is 89.4 Å². The molecule has 2 heterocycles. The molecule has 1 unspecified atom stereocenters. The molecule has 7 atom stereocenters. The summed E-state index contributed by atoms with van der Waals surface area (Å²) in [6.07, 6.45) is 10.4. The maximum Gasteiger partial charge on any atom is 0.286 e. The monoisotopic (exact) mass is 647 g/mol. The maximum absolute atomic E-state index is 14.4. The lowest BCUT2D eigenvalue weighted by Gasteiger charge is -2.46. The van der Waals surface area contributed by atoms with Crippen molar-refractivity contribution in [3.63, 3.8) is 0 Å². The molecule has 0 saturated heterocycles. The van der Waals surface area contributed by atoms with E-state index in [-0.39, 0.29) is 23.9 Å². The van der Waals surface area contributed by atoms with E-state index >= 15 is 0 Å². The van der Waals surface area contributed by atoms with Gasteiger partial charge in [-0.1, -0.05) is 49.8 Å². The first kappa shape index (κ1) is 32.8. The molecule has 2 aromatic carbocycles. The Morgan fingerprint density at radius 2 is 2.02 bits per heavy atom. The molecule has 0 aromatic heterocycles. The van der Waals surface area contributed by atoms with E-state index in [1.54, 1.807) is 20.1 Å². The fourth-order valence-corrected chi connectivity index (χ4v) is 9.85. The molecule has 2 aliphatic heterocycles. The quantitative estimate of drug-likeness (QED) is 0.380. The summed E-state index contributed by atoms with van der Waals surface area (Å²) in [6.45, 7) is 9.81. The summed E-state index contributed by atoms with van der Waals surface area (Å²) in [5.41, 5.74) is 5.08. The van der Waals surface area contributed by atoms with Crippen molar-refractivity contribution >= 4 is 27.4 Å². The molecule has 6 rings (SSSR count). The average Bonchev–Trinajstić information content (AvgIpc) is 3.18. The Labute approximate surface area is 274 Å². The second-order valence-corrected chi connectivity index (χ2v) is 16.3. The van der Waals surface area contributed by atoms with Crippen LogP contribution in [0.25, 0.3) is 0 Å². The highest BCUT2D eigenvalue weighted by atomic mass is 32.2. The van der Waals surface area contributed by atoms with Crippen LogP contribution in [-0.4, -0.2) is 54.2 Å². The van der Waals surface area contributed by atoms with Gasteiger partial charge in [0, 0.05) is 37.6 Å². The van der Waals surface area contributed by atoms with Gasteiger partial charge in [-0.25, -0.2) is 4.21 Å². The number of aryl methyl sites for hydroxylation is 2. The number of hydrogen-bond donors (Lipinski definition) is 1. The molecule has 1 fully saturated rings. The number of allylic oxidation sites excluding steroid dienone is 1. The van der Waals surface area contributed by atoms with Crippen molar-refractivity contribution in [3.05, 3.63) is 70.8 Å². The van der Waals surface area contributed by atoms with Gasteiger partial charge in [0.15, 0.2) is 0 Å². The number of carbonyl (C=O) groups excluding carboxylic acids is 2. The maximum atomic E-state index is 14.4. The third-order valence-corrected chi connectivity index (χ3v) is 13.5. The molecule has 248 valence electrons. The Morgan fingerprint density at radius 3 is 2.76 bits per heavy atom. The van der Waals surface area contributed by atoms with Gasteiger partial charge in [-0.3, -0.25) is 14.3 Å². The fourth-order valence-electron chi connectivity index (χ4n) is 7.88. The molecule has 1 spiro atoms. The van der Waals surface area contributed by atoms with E-state index in [0.717, 1.165) is 56.6 Å².